The van der Waals surface area contributed by atoms with Crippen molar-refractivity contribution >= 4 is 28.1 Å². The summed E-state index contributed by atoms with van der Waals surface area (Å²) in [6, 6.07) is 28.6. The first kappa shape index (κ1) is 27.2. The van der Waals surface area contributed by atoms with E-state index in [2.05, 4.69) is 58.2 Å². The minimum Gasteiger partial charge on any atom is -0.368 e. The maximum absolute atomic E-state index is 11.3. The van der Waals surface area contributed by atoms with E-state index < -0.39 is 10.0 Å². The molecule has 3 aromatic carbocycles. The van der Waals surface area contributed by atoms with E-state index in [-0.39, 0.29) is 18.5 Å². The molecule has 1 N–H and O–H groups in total. The Balaban J connectivity index is 0.00000342. The van der Waals surface area contributed by atoms with Gasteiger partial charge in [-0.3, -0.25) is 4.72 Å². The van der Waals surface area contributed by atoms with Crippen LogP contribution in [0.3, 0.4) is 0 Å². The highest BCUT2D eigenvalue weighted by molar-refractivity contribution is 7.92. The molecule has 1 heterocycles. The van der Waals surface area contributed by atoms with Gasteiger partial charge in [0, 0.05) is 12.2 Å². The number of rotatable bonds is 10. The molecule has 5 nitrogen and oxygen atoms in total. The summed E-state index contributed by atoms with van der Waals surface area (Å²) in [5, 5.41) is 0. The Kier molecular flexibility index (Phi) is 10.2. The van der Waals surface area contributed by atoms with Crippen molar-refractivity contribution in [2.75, 3.05) is 37.2 Å². The number of hydrogen-bond donors (Lipinski definition) is 1. The topological polar surface area (TPSA) is 58.6 Å². The van der Waals surface area contributed by atoms with E-state index >= 15 is 0 Å². The number of anilines is 1. The first-order chi connectivity index (χ1) is 16.5. The number of nitrogens with one attached hydrogen (secondary N) is 1. The number of nitrogens with zero attached hydrogens (tertiary/aromatic N) is 1. The Bertz CT molecular complexity index is 1080. The Morgan fingerprint density at radius 3 is 1.94 bits per heavy atom. The van der Waals surface area contributed by atoms with Crippen LogP contribution < -0.4 is 4.72 Å². The standard InChI is InChI=1S/C28H34N2O3S.ClH/c1-34(31,32)29-27-14-12-23(13-15-27)16-19-30-20-17-24(18-21-30)22-33-28(25-8-4-2-5-9-25)26-10-6-3-7-11-26;/h2-15,24,28-29H,16-22H2,1H3;1H. The lowest BCUT2D eigenvalue weighted by Crippen LogP contribution is -2.36. The summed E-state index contributed by atoms with van der Waals surface area (Å²) in [7, 11) is -3.24. The number of halogens is 1. The predicted molar refractivity (Wildman–Crippen MR) is 146 cm³/mol. The fourth-order valence-electron chi connectivity index (χ4n) is 4.49. The molecule has 188 valence electrons. The highest BCUT2D eigenvalue weighted by Crippen LogP contribution is 2.28. The number of likely N-dealkylation sites (tertiary alicyclic amines) is 1. The summed E-state index contributed by atoms with van der Waals surface area (Å²) >= 11 is 0. The fraction of sp³-hybridized carbons (Fsp3) is 0.357. The van der Waals surface area contributed by atoms with Gasteiger partial charge in [-0.2, -0.15) is 0 Å². The van der Waals surface area contributed by atoms with Crippen LogP contribution in [0.15, 0.2) is 84.9 Å². The summed E-state index contributed by atoms with van der Waals surface area (Å²) in [5.41, 5.74) is 4.22. The molecule has 35 heavy (non-hydrogen) atoms. The molecular formula is C28H35ClN2O3S. The second kappa shape index (κ2) is 13.1. The van der Waals surface area contributed by atoms with Crippen LogP contribution in [-0.4, -0.2) is 45.8 Å². The first-order valence-corrected chi connectivity index (χ1v) is 13.9. The molecule has 3 aromatic rings. The molecule has 7 heteroatoms. The number of sulfonamides is 1. The van der Waals surface area contributed by atoms with Gasteiger partial charge >= 0.3 is 0 Å². The van der Waals surface area contributed by atoms with Crippen molar-refractivity contribution in [3.8, 4) is 0 Å². The lowest BCUT2D eigenvalue weighted by Gasteiger charge is -2.32. The van der Waals surface area contributed by atoms with Crippen molar-refractivity contribution in [2.24, 2.45) is 5.92 Å². The normalized spacial score (nSPS) is 15.0. The molecule has 0 atom stereocenters. The van der Waals surface area contributed by atoms with Crippen LogP contribution in [0, 0.1) is 5.92 Å². The van der Waals surface area contributed by atoms with Gasteiger partial charge in [0.05, 0.1) is 12.9 Å². The summed E-state index contributed by atoms with van der Waals surface area (Å²) in [6.07, 6.45) is 4.39. The monoisotopic (exact) mass is 514 g/mol. The average Bonchev–Trinajstić information content (AvgIpc) is 2.85. The number of piperidine rings is 1. The van der Waals surface area contributed by atoms with Crippen molar-refractivity contribution in [1.29, 1.82) is 0 Å². The Labute approximate surface area is 216 Å². The van der Waals surface area contributed by atoms with Crippen LogP contribution >= 0.6 is 12.4 Å². The summed E-state index contributed by atoms with van der Waals surface area (Å²) in [5.74, 6) is 0.576. The predicted octanol–water partition coefficient (Wildman–Crippen LogP) is 5.54. The molecule has 1 aliphatic heterocycles. The zero-order chi connectivity index (χ0) is 23.8. The molecule has 0 bridgehead atoms. The molecule has 0 radical (unpaired) electrons. The Morgan fingerprint density at radius 1 is 0.886 bits per heavy atom. The second-order valence-corrected chi connectivity index (χ2v) is 10.9. The minimum atomic E-state index is -3.24. The van der Waals surface area contributed by atoms with E-state index in [1.165, 1.54) is 22.9 Å². The quantitative estimate of drug-likeness (QED) is 0.386. The van der Waals surface area contributed by atoms with Crippen LogP contribution in [-0.2, 0) is 21.2 Å². The fourth-order valence-corrected chi connectivity index (χ4v) is 5.05. The van der Waals surface area contributed by atoms with E-state index in [1.54, 1.807) is 0 Å². The van der Waals surface area contributed by atoms with Crippen molar-refractivity contribution in [3.05, 3.63) is 102 Å². The number of hydrogen-bond acceptors (Lipinski definition) is 4. The average molecular weight is 515 g/mol. The van der Waals surface area contributed by atoms with Crippen molar-refractivity contribution in [1.82, 2.24) is 4.90 Å². The molecule has 0 spiro atoms. The van der Waals surface area contributed by atoms with Crippen LogP contribution in [0.2, 0.25) is 0 Å². The van der Waals surface area contributed by atoms with Crippen molar-refractivity contribution < 1.29 is 13.2 Å². The third-order valence-electron chi connectivity index (χ3n) is 6.38. The summed E-state index contributed by atoms with van der Waals surface area (Å²) in [6.45, 7) is 3.96. The largest absolute Gasteiger partial charge is 0.368 e. The van der Waals surface area contributed by atoms with Gasteiger partial charge < -0.3 is 9.64 Å². The Morgan fingerprint density at radius 2 is 1.43 bits per heavy atom. The van der Waals surface area contributed by atoms with Crippen molar-refractivity contribution in [2.45, 2.75) is 25.4 Å². The van der Waals surface area contributed by atoms with Gasteiger partial charge in [-0.15, -0.1) is 12.4 Å². The second-order valence-electron chi connectivity index (χ2n) is 9.14. The van der Waals surface area contributed by atoms with Gasteiger partial charge in [0.2, 0.25) is 10.0 Å². The lowest BCUT2D eigenvalue weighted by atomic mass is 9.96. The van der Waals surface area contributed by atoms with E-state index in [0.29, 0.717) is 11.6 Å². The molecule has 0 unspecified atom stereocenters. The lowest BCUT2D eigenvalue weighted by molar-refractivity contribution is 0.0311. The highest BCUT2D eigenvalue weighted by Gasteiger charge is 2.22. The van der Waals surface area contributed by atoms with Gasteiger partial charge in [0.1, 0.15) is 6.10 Å². The Hall–Kier alpha value is -2.38. The van der Waals surface area contributed by atoms with Gasteiger partial charge in [0.25, 0.3) is 0 Å². The molecular weight excluding hydrogens is 480 g/mol. The third-order valence-corrected chi connectivity index (χ3v) is 6.99. The minimum absolute atomic E-state index is 0. The van der Waals surface area contributed by atoms with E-state index in [9.17, 15) is 8.42 Å². The van der Waals surface area contributed by atoms with Crippen molar-refractivity contribution in [3.63, 3.8) is 0 Å². The molecule has 1 saturated heterocycles. The summed E-state index contributed by atoms with van der Waals surface area (Å²) < 4.78 is 31.7. The smallest absolute Gasteiger partial charge is 0.229 e. The summed E-state index contributed by atoms with van der Waals surface area (Å²) in [4.78, 5) is 2.52. The van der Waals surface area contributed by atoms with E-state index in [4.69, 9.17) is 4.74 Å². The molecule has 0 aliphatic carbocycles. The van der Waals surface area contributed by atoms with Crippen LogP contribution in [0.25, 0.3) is 0 Å². The first-order valence-electron chi connectivity index (χ1n) is 12.0. The molecule has 1 fully saturated rings. The van der Waals surface area contributed by atoms with Crippen LogP contribution in [0.1, 0.15) is 35.6 Å². The maximum atomic E-state index is 11.3. The number of ether oxygens (including phenoxy) is 1. The third kappa shape index (κ3) is 8.65. The highest BCUT2D eigenvalue weighted by atomic mass is 35.5. The maximum Gasteiger partial charge on any atom is 0.229 e. The molecule has 4 rings (SSSR count). The number of benzene rings is 3. The van der Waals surface area contributed by atoms with Crippen LogP contribution in [0.5, 0.6) is 0 Å². The van der Waals surface area contributed by atoms with E-state index in [0.717, 1.165) is 45.5 Å². The SMILES string of the molecule is CS(=O)(=O)Nc1ccc(CCN2CCC(COC(c3ccccc3)c3ccccc3)CC2)cc1.Cl. The van der Waals surface area contributed by atoms with Crippen LogP contribution in [0.4, 0.5) is 5.69 Å². The molecule has 0 amide bonds. The van der Waals surface area contributed by atoms with Gasteiger partial charge in [-0.25, -0.2) is 8.42 Å². The van der Waals surface area contributed by atoms with E-state index in [1.807, 2.05) is 36.4 Å². The molecule has 0 saturated carbocycles. The zero-order valence-corrected chi connectivity index (χ0v) is 21.8. The van der Waals surface area contributed by atoms with Gasteiger partial charge in [-0.1, -0.05) is 72.8 Å². The zero-order valence-electron chi connectivity index (χ0n) is 20.2. The molecule has 0 aromatic heterocycles. The van der Waals surface area contributed by atoms with Gasteiger partial charge in [-0.05, 0) is 67.1 Å². The molecule has 1 aliphatic rings. The van der Waals surface area contributed by atoms with Gasteiger partial charge in [0.15, 0.2) is 0 Å².